The van der Waals surface area contributed by atoms with Crippen molar-refractivity contribution in [1.82, 2.24) is 24.9 Å². The van der Waals surface area contributed by atoms with Crippen LogP contribution in [0.3, 0.4) is 0 Å². The number of rotatable bonds is 9. The van der Waals surface area contributed by atoms with Gasteiger partial charge in [-0.15, -0.1) is 4.99 Å². The Morgan fingerprint density at radius 2 is 1.93 bits per heavy atom. The van der Waals surface area contributed by atoms with Crippen LogP contribution in [0.5, 0.6) is 0 Å². The van der Waals surface area contributed by atoms with Crippen molar-refractivity contribution in [3.8, 4) is 11.4 Å². The summed E-state index contributed by atoms with van der Waals surface area (Å²) in [6.45, 7) is 8.75. The van der Waals surface area contributed by atoms with Gasteiger partial charge in [0, 0.05) is 35.8 Å². The molecule has 0 spiro atoms. The SMILES string of the molecule is CCCCCCCCn1cc(-c2noc([C@@H]3CCCN3C(=NC(=O)OC(C)(C)C)NC(=O)O)n2)c2ccccc21. The summed E-state index contributed by atoms with van der Waals surface area (Å²) < 4.78 is 13.2. The fourth-order valence-corrected chi connectivity index (χ4v) is 5.06. The summed E-state index contributed by atoms with van der Waals surface area (Å²) in [5, 5.41) is 17.0. The summed E-state index contributed by atoms with van der Waals surface area (Å²) in [6, 6.07) is 7.75. The van der Waals surface area contributed by atoms with Gasteiger partial charge in [0.1, 0.15) is 11.6 Å². The minimum Gasteiger partial charge on any atom is -0.465 e. The largest absolute Gasteiger partial charge is 0.465 e. The third kappa shape index (κ3) is 7.40. The van der Waals surface area contributed by atoms with Gasteiger partial charge in [-0.1, -0.05) is 62.4 Å². The number of nitrogens with one attached hydrogen (secondary N) is 1. The molecule has 2 amide bonds. The molecule has 216 valence electrons. The number of para-hydroxylation sites is 1. The van der Waals surface area contributed by atoms with Crippen molar-refractivity contribution >= 4 is 29.0 Å². The summed E-state index contributed by atoms with van der Waals surface area (Å²) in [5.74, 6) is 0.681. The van der Waals surface area contributed by atoms with Crippen LogP contribution in [-0.2, 0) is 11.3 Å². The molecule has 1 aliphatic rings. The number of hydrogen-bond donors (Lipinski definition) is 2. The molecule has 1 fully saturated rings. The highest BCUT2D eigenvalue weighted by atomic mass is 16.6. The average Bonchev–Trinajstić information content (AvgIpc) is 3.63. The predicted octanol–water partition coefficient (Wildman–Crippen LogP) is 6.75. The maximum atomic E-state index is 12.4. The number of aliphatic imine (C=N–C) groups is 1. The van der Waals surface area contributed by atoms with Gasteiger partial charge < -0.3 is 23.8 Å². The van der Waals surface area contributed by atoms with Gasteiger partial charge in [0.05, 0.1) is 0 Å². The van der Waals surface area contributed by atoms with Crippen molar-refractivity contribution < 1.29 is 24.0 Å². The second-order valence-corrected chi connectivity index (χ2v) is 11.2. The third-order valence-corrected chi connectivity index (χ3v) is 6.84. The number of carboxylic acid groups (broad SMARTS) is 1. The van der Waals surface area contributed by atoms with E-state index in [-0.39, 0.29) is 5.96 Å². The number of aromatic nitrogens is 3. The van der Waals surface area contributed by atoms with Gasteiger partial charge in [-0.05, 0) is 46.1 Å². The zero-order chi connectivity index (χ0) is 28.7. The van der Waals surface area contributed by atoms with E-state index in [1.807, 2.05) is 12.1 Å². The van der Waals surface area contributed by atoms with E-state index in [0.717, 1.165) is 35.9 Å². The Hall–Kier alpha value is -3.89. The molecular formula is C29H40N6O5. The van der Waals surface area contributed by atoms with Crippen molar-refractivity contribution in [1.29, 1.82) is 0 Å². The first-order chi connectivity index (χ1) is 19.2. The number of benzene rings is 1. The fourth-order valence-electron chi connectivity index (χ4n) is 5.06. The van der Waals surface area contributed by atoms with Gasteiger partial charge in [-0.2, -0.15) is 4.98 Å². The molecule has 3 aromatic rings. The number of amides is 2. The van der Waals surface area contributed by atoms with Crippen LogP contribution in [0.2, 0.25) is 0 Å². The van der Waals surface area contributed by atoms with E-state index in [1.54, 1.807) is 25.7 Å². The molecule has 11 nitrogen and oxygen atoms in total. The number of nitrogens with zero attached hydrogens (tertiary/aromatic N) is 5. The lowest BCUT2D eigenvalue weighted by Crippen LogP contribution is -2.44. The molecule has 1 saturated heterocycles. The molecule has 0 aliphatic carbocycles. The Labute approximate surface area is 234 Å². The summed E-state index contributed by atoms with van der Waals surface area (Å²) in [4.78, 5) is 34.2. The molecule has 2 N–H and O–H groups in total. The molecule has 1 aliphatic heterocycles. The van der Waals surface area contributed by atoms with Crippen molar-refractivity contribution in [2.24, 2.45) is 4.99 Å². The van der Waals surface area contributed by atoms with E-state index >= 15 is 0 Å². The monoisotopic (exact) mass is 552 g/mol. The number of hydrogen-bond acceptors (Lipinski definition) is 6. The molecule has 1 atom stereocenters. The van der Waals surface area contributed by atoms with Gasteiger partial charge >= 0.3 is 12.2 Å². The van der Waals surface area contributed by atoms with E-state index < -0.39 is 23.8 Å². The van der Waals surface area contributed by atoms with Crippen molar-refractivity contribution in [3.63, 3.8) is 0 Å². The van der Waals surface area contributed by atoms with Gasteiger partial charge in [0.2, 0.25) is 17.7 Å². The van der Waals surface area contributed by atoms with Crippen molar-refractivity contribution in [3.05, 3.63) is 36.4 Å². The highest BCUT2D eigenvalue weighted by Crippen LogP contribution is 2.34. The number of fused-ring (bicyclic) bond motifs is 1. The van der Waals surface area contributed by atoms with Gasteiger partial charge in [-0.25, -0.2) is 9.59 Å². The van der Waals surface area contributed by atoms with Crippen molar-refractivity contribution in [2.45, 2.75) is 97.2 Å². The zero-order valence-corrected chi connectivity index (χ0v) is 23.9. The molecule has 0 unspecified atom stereocenters. The number of likely N-dealkylation sites (tertiary alicyclic amines) is 1. The molecular weight excluding hydrogens is 512 g/mol. The first-order valence-corrected chi connectivity index (χ1v) is 14.2. The Morgan fingerprint density at radius 3 is 2.67 bits per heavy atom. The van der Waals surface area contributed by atoms with Crippen LogP contribution in [-0.4, -0.2) is 55.0 Å². The molecule has 4 rings (SSSR count). The average molecular weight is 553 g/mol. The van der Waals surface area contributed by atoms with Gasteiger partial charge in [0.25, 0.3) is 0 Å². The third-order valence-electron chi connectivity index (χ3n) is 6.84. The fraction of sp³-hybridized carbons (Fsp3) is 0.552. The van der Waals surface area contributed by atoms with Crippen LogP contribution in [0, 0.1) is 0 Å². The topological polar surface area (TPSA) is 135 Å². The first-order valence-electron chi connectivity index (χ1n) is 14.2. The highest BCUT2D eigenvalue weighted by molar-refractivity contribution is 5.98. The molecule has 1 aromatic carbocycles. The number of aryl methyl sites for hydroxylation is 1. The summed E-state index contributed by atoms with van der Waals surface area (Å²) >= 11 is 0. The second-order valence-electron chi connectivity index (χ2n) is 11.2. The van der Waals surface area contributed by atoms with Crippen LogP contribution in [0.1, 0.15) is 91.0 Å². The second kappa shape index (κ2) is 13.0. The van der Waals surface area contributed by atoms with Crippen LogP contribution < -0.4 is 5.32 Å². The molecule has 3 heterocycles. The van der Waals surface area contributed by atoms with E-state index in [9.17, 15) is 14.7 Å². The molecule has 0 saturated carbocycles. The quantitative estimate of drug-likeness (QED) is 0.169. The van der Waals surface area contributed by atoms with E-state index in [1.165, 1.54) is 32.1 Å². The minimum atomic E-state index is -1.34. The summed E-state index contributed by atoms with van der Waals surface area (Å²) in [7, 11) is 0. The number of unbranched alkanes of at least 4 members (excludes halogenated alkanes) is 5. The molecule has 40 heavy (non-hydrogen) atoms. The van der Waals surface area contributed by atoms with Crippen LogP contribution in [0.25, 0.3) is 22.3 Å². The maximum Gasteiger partial charge on any atom is 0.437 e. The highest BCUT2D eigenvalue weighted by Gasteiger charge is 2.35. The van der Waals surface area contributed by atoms with Crippen LogP contribution in [0.4, 0.5) is 9.59 Å². The van der Waals surface area contributed by atoms with Gasteiger partial charge in [0.15, 0.2) is 0 Å². The predicted molar refractivity (Wildman–Crippen MR) is 152 cm³/mol. The van der Waals surface area contributed by atoms with E-state index in [4.69, 9.17) is 14.2 Å². The number of ether oxygens (including phenoxy) is 1. The standard InChI is InChI=1S/C29H40N6O5/c1-5-6-7-8-9-12-17-34-19-21(20-14-10-11-15-22(20)34)24-30-25(40-33-24)23-16-13-18-35(23)26(31-27(36)37)32-28(38)39-29(2,3)4/h10-11,14-15,19,23H,5-9,12-13,16-18H2,1-4H3,(H,36,37)(H,31,32,38)/t23-/m0/s1. The van der Waals surface area contributed by atoms with E-state index in [2.05, 4.69) is 45.3 Å². The maximum absolute atomic E-state index is 12.4. The lowest BCUT2D eigenvalue weighted by Gasteiger charge is -2.25. The van der Waals surface area contributed by atoms with E-state index in [0.29, 0.717) is 24.7 Å². The number of carbonyl (C=O) groups is 2. The number of carbonyl (C=O) groups excluding carboxylic acids is 1. The Bertz CT molecular complexity index is 1340. The molecule has 2 aromatic heterocycles. The molecule has 0 radical (unpaired) electrons. The Balaban J connectivity index is 1.55. The molecule has 0 bridgehead atoms. The summed E-state index contributed by atoms with van der Waals surface area (Å²) in [5.41, 5.74) is 1.24. The lowest BCUT2D eigenvalue weighted by molar-refractivity contribution is 0.0600. The normalized spacial score (nSPS) is 16.1. The lowest BCUT2D eigenvalue weighted by atomic mass is 10.1. The molecule has 11 heteroatoms. The summed E-state index contributed by atoms with van der Waals surface area (Å²) in [6.07, 6.45) is 8.59. The van der Waals surface area contributed by atoms with Crippen LogP contribution in [0.15, 0.2) is 40.0 Å². The smallest absolute Gasteiger partial charge is 0.437 e. The van der Waals surface area contributed by atoms with Gasteiger partial charge in [-0.3, -0.25) is 5.32 Å². The van der Waals surface area contributed by atoms with Crippen LogP contribution >= 0.6 is 0 Å². The van der Waals surface area contributed by atoms with Crippen molar-refractivity contribution in [2.75, 3.05) is 6.54 Å². The number of guanidine groups is 1. The Kier molecular flexibility index (Phi) is 9.44. The zero-order valence-electron chi connectivity index (χ0n) is 23.9. The Morgan fingerprint density at radius 1 is 1.18 bits per heavy atom. The minimum absolute atomic E-state index is 0.125. The first kappa shape index (κ1) is 29.1.